The van der Waals surface area contributed by atoms with E-state index in [1.807, 2.05) is 38.1 Å². The summed E-state index contributed by atoms with van der Waals surface area (Å²) in [5.41, 5.74) is 2.65. The minimum Gasteiger partial charge on any atom is -0.484 e. The molecule has 1 aliphatic rings. The van der Waals surface area contributed by atoms with Crippen LogP contribution in [0.3, 0.4) is 0 Å². The molecular weight excluding hydrogens is 356 g/mol. The lowest BCUT2D eigenvalue weighted by atomic mass is 9.97. The van der Waals surface area contributed by atoms with E-state index in [1.54, 1.807) is 29.2 Å². The van der Waals surface area contributed by atoms with E-state index >= 15 is 0 Å². The summed E-state index contributed by atoms with van der Waals surface area (Å²) < 4.78 is 11.3. The lowest BCUT2D eigenvalue weighted by molar-refractivity contribution is -0.133. The standard InChI is InChI=1S/C22H26N2O4/c1-3-24(4-2)20(25)15-28-18-10-7-9-17(14-18)23-22(26)21-19-11-6-5-8-16(19)12-13-27-21/h5-11,14,21H,3-4,12-13,15H2,1-2H3,(H,23,26). The lowest BCUT2D eigenvalue weighted by Gasteiger charge is -2.25. The first kappa shape index (κ1) is 19.9. The van der Waals surface area contributed by atoms with Crippen molar-refractivity contribution < 1.29 is 19.1 Å². The molecule has 3 rings (SSSR count). The van der Waals surface area contributed by atoms with Crippen LogP contribution in [0.4, 0.5) is 5.69 Å². The van der Waals surface area contributed by atoms with Crippen LogP contribution in [0, 0.1) is 0 Å². The Morgan fingerprint density at radius 3 is 2.71 bits per heavy atom. The van der Waals surface area contributed by atoms with E-state index in [4.69, 9.17) is 9.47 Å². The Morgan fingerprint density at radius 2 is 1.93 bits per heavy atom. The van der Waals surface area contributed by atoms with Gasteiger partial charge < -0.3 is 19.7 Å². The van der Waals surface area contributed by atoms with Crippen LogP contribution < -0.4 is 10.1 Å². The molecule has 1 atom stereocenters. The summed E-state index contributed by atoms with van der Waals surface area (Å²) in [5, 5.41) is 2.89. The third-order valence-corrected chi connectivity index (χ3v) is 4.81. The van der Waals surface area contributed by atoms with Crippen LogP contribution in [-0.2, 0) is 20.7 Å². The highest BCUT2D eigenvalue weighted by atomic mass is 16.5. The molecule has 6 heteroatoms. The Bertz CT molecular complexity index is 833. The summed E-state index contributed by atoms with van der Waals surface area (Å²) in [7, 11) is 0. The predicted octanol–water partition coefficient (Wildman–Crippen LogP) is 3.19. The number of carbonyl (C=O) groups excluding carboxylic acids is 2. The minimum absolute atomic E-state index is 0.0296. The zero-order chi connectivity index (χ0) is 19.9. The second kappa shape index (κ2) is 9.37. The Balaban J connectivity index is 1.63. The smallest absolute Gasteiger partial charge is 0.260 e. The van der Waals surface area contributed by atoms with Gasteiger partial charge in [-0.1, -0.05) is 30.3 Å². The average Bonchev–Trinajstić information content (AvgIpc) is 2.73. The molecule has 148 valence electrons. The Labute approximate surface area is 165 Å². The van der Waals surface area contributed by atoms with Gasteiger partial charge in [0.15, 0.2) is 12.7 Å². The number of benzene rings is 2. The highest BCUT2D eigenvalue weighted by Crippen LogP contribution is 2.28. The van der Waals surface area contributed by atoms with Crippen molar-refractivity contribution >= 4 is 17.5 Å². The summed E-state index contributed by atoms with van der Waals surface area (Å²) in [6.45, 7) is 5.66. The lowest BCUT2D eigenvalue weighted by Crippen LogP contribution is -2.34. The van der Waals surface area contributed by atoms with Crippen molar-refractivity contribution in [3.05, 3.63) is 59.7 Å². The zero-order valence-electron chi connectivity index (χ0n) is 16.3. The van der Waals surface area contributed by atoms with Gasteiger partial charge in [-0.3, -0.25) is 9.59 Å². The molecule has 1 heterocycles. The fourth-order valence-corrected chi connectivity index (χ4v) is 3.30. The van der Waals surface area contributed by atoms with Crippen LogP contribution in [0.15, 0.2) is 48.5 Å². The fraction of sp³-hybridized carbons (Fsp3) is 0.364. The topological polar surface area (TPSA) is 67.9 Å². The van der Waals surface area contributed by atoms with Gasteiger partial charge in [0.05, 0.1) is 6.61 Å². The maximum Gasteiger partial charge on any atom is 0.260 e. The van der Waals surface area contributed by atoms with Gasteiger partial charge in [-0.2, -0.15) is 0 Å². The first-order valence-electron chi connectivity index (χ1n) is 9.63. The van der Waals surface area contributed by atoms with Gasteiger partial charge in [-0.15, -0.1) is 0 Å². The SMILES string of the molecule is CCN(CC)C(=O)COc1cccc(NC(=O)C2OCCc3ccccc32)c1. The number of hydrogen-bond acceptors (Lipinski definition) is 4. The largest absolute Gasteiger partial charge is 0.484 e. The van der Waals surface area contributed by atoms with Crippen molar-refractivity contribution in [3.63, 3.8) is 0 Å². The summed E-state index contributed by atoms with van der Waals surface area (Å²) in [4.78, 5) is 26.5. The van der Waals surface area contributed by atoms with Gasteiger partial charge in [0.1, 0.15) is 5.75 Å². The summed E-state index contributed by atoms with van der Waals surface area (Å²) in [6.07, 6.45) is 0.183. The molecule has 2 aromatic rings. The molecule has 6 nitrogen and oxygen atoms in total. The first-order chi connectivity index (χ1) is 13.6. The van der Waals surface area contributed by atoms with Gasteiger partial charge >= 0.3 is 0 Å². The molecule has 0 bridgehead atoms. The first-order valence-corrected chi connectivity index (χ1v) is 9.63. The van der Waals surface area contributed by atoms with Crippen molar-refractivity contribution in [1.29, 1.82) is 0 Å². The number of nitrogens with one attached hydrogen (secondary N) is 1. The van der Waals surface area contributed by atoms with E-state index in [0.717, 1.165) is 17.5 Å². The van der Waals surface area contributed by atoms with E-state index in [-0.39, 0.29) is 18.4 Å². The highest BCUT2D eigenvalue weighted by Gasteiger charge is 2.27. The molecule has 2 amide bonds. The number of ether oxygens (including phenoxy) is 2. The summed E-state index contributed by atoms with van der Waals surface area (Å²) >= 11 is 0. The van der Waals surface area contributed by atoms with Crippen molar-refractivity contribution in [2.24, 2.45) is 0 Å². The molecule has 0 spiro atoms. The highest BCUT2D eigenvalue weighted by molar-refractivity contribution is 5.95. The van der Waals surface area contributed by atoms with Crippen molar-refractivity contribution in [3.8, 4) is 5.75 Å². The molecule has 2 aromatic carbocycles. The summed E-state index contributed by atoms with van der Waals surface area (Å²) in [5.74, 6) is 0.249. The molecular formula is C22H26N2O4. The van der Waals surface area contributed by atoms with Crippen molar-refractivity contribution in [2.75, 3.05) is 31.6 Å². The molecule has 0 saturated carbocycles. The second-order valence-corrected chi connectivity index (χ2v) is 6.57. The number of amides is 2. The number of rotatable bonds is 7. The molecule has 28 heavy (non-hydrogen) atoms. The van der Waals surface area contributed by atoms with Crippen molar-refractivity contribution in [2.45, 2.75) is 26.4 Å². The number of likely N-dealkylation sites (N-methyl/N-ethyl adjacent to an activating group) is 1. The molecule has 0 aliphatic carbocycles. The minimum atomic E-state index is -0.626. The van der Waals surface area contributed by atoms with Gasteiger partial charge in [0.2, 0.25) is 0 Å². The number of nitrogens with zero attached hydrogens (tertiary/aromatic N) is 1. The van der Waals surface area contributed by atoms with Crippen molar-refractivity contribution in [1.82, 2.24) is 4.90 Å². The Morgan fingerprint density at radius 1 is 1.14 bits per heavy atom. The fourth-order valence-electron chi connectivity index (χ4n) is 3.30. The maximum absolute atomic E-state index is 12.7. The average molecular weight is 382 g/mol. The Hall–Kier alpha value is -2.86. The number of carbonyl (C=O) groups is 2. The third-order valence-electron chi connectivity index (χ3n) is 4.81. The van der Waals surface area contributed by atoms with Crippen LogP contribution in [0.25, 0.3) is 0 Å². The second-order valence-electron chi connectivity index (χ2n) is 6.57. The van der Waals surface area contributed by atoms with Gasteiger partial charge in [0.25, 0.3) is 11.8 Å². The summed E-state index contributed by atoms with van der Waals surface area (Å²) in [6, 6.07) is 14.9. The molecule has 0 radical (unpaired) electrons. The van der Waals surface area contributed by atoms with Crippen LogP contribution in [0.2, 0.25) is 0 Å². The Kier molecular flexibility index (Phi) is 6.66. The third kappa shape index (κ3) is 4.70. The maximum atomic E-state index is 12.7. The van der Waals surface area contributed by atoms with Gasteiger partial charge in [-0.05, 0) is 43.5 Å². The van der Waals surface area contributed by atoms with Gasteiger partial charge in [0, 0.05) is 24.8 Å². The molecule has 0 saturated heterocycles. The van der Waals surface area contributed by atoms with E-state index in [0.29, 0.717) is 31.1 Å². The molecule has 0 aromatic heterocycles. The number of fused-ring (bicyclic) bond motifs is 1. The van der Waals surface area contributed by atoms with E-state index in [1.165, 1.54) is 0 Å². The number of anilines is 1. The molecule has 1 N–H and O–H groups in total. The van der Waals surface area contributed by atoms with Crippen LogP contribution in [-0.4, -0.2) is 43.0 Å². The molecule has 1 aliphatic heterocycles. The quantitative estimate of drug-likeness (QED) is 0.799. The number of hydrogen-bond donors (Lipinski definition) is 1. The van der Waals surface area contributed by atoms with Crippen LogP contribution in [0.5, 0.6) is 5.75 Å². The van der Waals surface area contributed by atoms with E-state index in [9.17, 15) is 9.59 Å². The normalized spacial score (nSPS) is 15.4. The van der Waals surface area contributed by atoms with Crippen LogP contribution in [0.1, 0.15) is 31.1 Å². The van der Waals surface area contributed by atoms with E-state index < -0.39 is 6.10 Å². The van der Waals surface area contributed by atoms with Crippen LogP contribution >= 0.6 is 0 Å². The van der Waals surface area contributed by atoms with Gasteiger partial charge in [-0.25, -0.2) is 0 Å². The predicted molar refractivity (Wildman–Crippen MR) is 107 cm³/mol. The molecule has 1 unspecified atom stereocenters. The zero-order valence-corrected chi connectivity index (χ0v) is 16.3. The monoisotopic (exact) mass is 382 g/mol. The molecule has 0 fully saturated rings. The van der Waals surface area contributed by atoms with E-state index in [2.05, 4.69) is 5.32 Å².